The summed E-state index contributed by atoms with van der Waals surface area (Å²) in [5.41, 5.74) is 0.318. The van der Waals surface area contributed by atoms with Crippen LogP contribution in [0.15, 0.2) is 12.1 Å². The Kier molecular flexibility index (Phi) is 6.29. The lowest BCUT2D eigenvalue weighted by molar-refractivity contribution is -0.143. The number of aryl methyl sites for hydroxylation is 1. The molecule has 6 nitrogen and oxygen atoms in total. The molecular weight excluding hydrogens is 315 g/mol. The lowest BCUT2D eigenvalue weighted by Gasteiger charge is -2.23. The zero-order valence-corrected chi connectivity index (χ0v) is 14.4. The molecule has 0 bridgehead atoms. The van der Waals surface area contributed by atoms with E-state index in [0.717, 1.165) is 0 Å². The number of rotatable bonds is 4. The standard InChI is InChI=1S/C17H21FN2O4/c1-10-6-12(9-19)13(18)7-11(10)8-14(15(21)23-5)20-16(22)24-17(2,3)4/h6-7,14H,8H2,1-5H3,(H,20,22). The Morgan fingerprint density at radius 2 is 2.00 bits per heavy atom. The number of ether oxygens (including phenoxy) is 2. The van der Waals surface area contributed by atoms with Crippen molar-refractivity contribution in [2.45, 2.75) is 45.8 Å². The lowest BCUT2D eigenvalue weighted by atomic mass is 9.98. The van der Waals surface area contributed by atoms with Gasteiger partial charge in [-0.15, -0.1) is 0 Å². The van der Waals surface area contributed by atoms with Crippen molar-refractivity contribution in [3.63, 3.8) is 0 Å². The van der Waals surface area contributed by atoms with Gasteiger partial charge in [0.05, 0.1) is 12.7 Å². The fourth-order valence-electron chi connectivity index (χ4n) is 2.03. The van der Waals surface area contributed by atoms with Crippen molar-refractivity contribution < 1.29 is 23.5 Å². The zero-order valence-electron chi connectivity index (χ0n) is 14.4. The summed E-state index contributed by atoms with van der Waals surface area (Å²) in [7, 11) is 1.19. The highest BCUT2D eigenvalue weighted by atomic mass is 19.1. The van der Waals surface area contributed by atoms with E-state index < -0.39 is 29.5 Å². The highest BCUT2D eigenvalue weighted by molar-refractivity contribution is 5.81. The van der Waals surface area contributed by atoms with Crippen LogP contribution in [-0.2, 0) is 20.7 Å². The summed E-state index contributed by atoms with van der Waals surface area (Å²) >= 11 is 0. The van der Waals surface area contributed by atoms with E-state index in [-0.39, 0.29) is 12.0 Å². The molecule has 0 radical (unpaired) electrons. The van der Waals surface area contributed by atoms with Crippen LogP contribution in [0, 0.1) is 24.1 Å². The number of methoxy groups -OCH3 is 1. The SMILES string of the molecule is COC(=O)C(Cc1cc(F)c(C#N)cc1C)NC(=O)OC(C)(C)C. The zero-order chi connectivity index (χ0) is 18.5. The predicted molar refractivity (Wildman–Crippen MR) is 84.7 cm³/mol. The molecule has 24 heavy (non-hydrogen) atoms. The molecule has 0 spiro atoms. The van der Waals surface area contributed by atoms with Gasteiger partial charge >= 0.3 is 12.1 Å². The van der Waals surface area contributed by atoms with Gasteiger partial charge in [0.15, 0.2) is 0 Å². The van der Waals surface area contributed by atoms with E-state index in [2.05, 4.69) is 10.1 Å². The molecule has 7 heteroatoms. The first-order valence-corrected chi connectivity index (χ1v) is 7.34. The second-order valence-corrected chi connectivity index (χ2v) is 6.30. The minimum Gasteiger partial charge on any atom is -0.467 e. The maximum Gasteiger partial charge on any atom is 0.408 e. The first-order chi connectivity index (χ1) is 11.1. The van der Waals surface area contributed by atoms with Crippen LogP contribution < -0.4 is 5.32 Å². The van der Waals surface area contributed by atoms with Gasteiger partial charge in [0.1, 0.15) is 23.5 Å². The second kappa shape index (κ2) is 7.77. The third kappa shape index (κ3) is 5.54. The fourth-order valence-corrected chi connectivity index (χ4v) is 2.03. The van der Waals surface area contributed by atoms with Crippen LogP contribution in [0.25, 0.3) is 0 Å². The first kappa shape index (κ1) is 19.4. The predicted octanol–water partition coefficient (Wildman–Crippen LogP) is 2.61. The van der Waals surface area contributed by atoms with E-state index in [4.69, 9.17) is 10.00 Å². The van der Waals surface area contributed by atoms with E-state index >= 15 is 0 Å². The monoisotopic (exact) mass is 336 g/mol. The summed E-state index contributed by atoms with van der Waals surface area (Å²) in [6.45, 7) is 6.77. The number of carbonyl (C=O) groups is 2. The van der Waals surface area contributed by atoms with E-state index in [1.54, 1.807) is 33.8 Å². The van der Waals surface area contributed by atoms with Crippen molar-refractivity contribution in [3.05, 3.63) is 34.6 Å². The van der Waals surface area contributed by atoms with Crippen LogP contribution in [0.4, 0.5) is 9.18 Å². The van der Waals surface area contributed by atoms with E-state index in [0.29, 0.717) is 11.1 Å². The maximum absolute atomic E-state index is 13.8. The van der Waals surface area contributed by atoms with Crippen LogP contribution in [0.3, 0.4) is 0 Å². The summed E-state index contributed by atoms with van der Waals surface area (Å²) in [4.78, 5) is 23.8. The van der Waals surface area contributed by atoms with Crippen LogP contribution in [0.1, 0.15) is 37.5 Å². The number of halogens is 1. The summed E-state index contributed by atoms with van der Waals surface area (Å²) in [5.74, 6) is -1.36. The van der Waals surface area contributed by atoms with Crippen molar-refractivity contribution in [2.24, 2.45) is 0 Å². The smallest absolute Gasteiger partial charge is 0.408 e. The summed E-state index contributed by atoms with van der Waals surface area (Å²) < 4.78 is 23.6. The largest absolute Gasteiger partial charge is 0.467 e. The molecule has 1 aromatic carbocycles. The molecule has 0 aliphatic rings. The molecule has 1 rings (SSSR count). The third-order valence-corrected chi connectivity index (χ3v) is 3.15. The average molecular weight is 336 g/mol. The van der Waals surface area contributed by atoms with Crippen molar-refractivity contribution in [1.29, 1.82) is 5.26 Å². The van der Waals surface area contributed by atoms with Gasteiger partial charge in [0.25, 0.3) is 0 Å². The van der Waals surface area contributed by atoms with Crippen LogP contribution >= 0.6 is 0 Å². The molecule has 0 saturated carbocycles. The van der Waals surface area contributed by atoms with Gasteiger partial charge in [-0.05, 0) is 51.0 Å². The molecule has 1 unspecified atom stereocenters. The highest BCUT2D eigenvalue weighted by Crippen LogP contribution is 2.17. The number of hydrogen-bond acceptors (Lipinski definition) is 5. The van der Waals surface area contributed by atoms with Gasteiger partial charge in [0.2, 0.25) is 0 Å². The Labute approximate surface area is 140 Å². The van der Waals surface area contributed by atoms with Crippen molar-refractivity contribution in [3.8, 4) is 6.07 Å². The second-order valence-electron chi connectivity index (χ2n) is 6.30. The van der Waals surface area contributed by atoms with E-state index in [1.807, 2.05) is 0 Å². The number of esters is 1. The van der Waals surface area contributed by atoms with Crippen molar-refractivity contribution >= 4 is 12.1 Å². The number of alkyl carbamates (subject to hydrolysis) is 1. The summed E-state index contributed by atoms with van der Waals surface area (Å²) in [6, 6.07) is 3.30. The average Bonchev–Trinajstić information content (AvgIpc) is 2.46. The van der Waals surface area contributed by atoms with Crippen molar-refractivity contribution in [2.75, 3.05) is 7.11 Å². The summed E-state index contributed by atoms with van der Waals surface area (Å²) in [6.07, 6.45) is -0.759. The number of nitrogens with one attached hydrogen (secondary N) is 1. The Balaban J connectivity index is 3.00. The molecule has 1 amide bonds. The van der Waals surface area contributed by atoms with Gasteiger partial charge in [0, 0.05) is 6.42 Å². The topological polar surface area (TPSA) is 88.4 Å². The number of amides is 1. The Hall–Kier alpha value is -2.62. The molecule has 0 fully saturated rings. The summed E-state index contributed by atoms with van der Waals surface area (Å²) in [5, 5.41) is 11.3. The maximum atomic E-state index is 13.8. The molecule has 130 valence electrons. The number of carbonyl (C=O) groups excluding carboxylic acids is 2. The number of nitriles is 1. The number of nitrogens with zero attached hydrogens (tertiary/aromatic N) is 1. The van der Waals surface area contributed by atoms with Gasteiger partial charge in [-0.25, -0.2) is 14.0 Å². The van der Waals surface area contributed by atoms with Crippen LogP contribution in [-0.4, -0.2) is 30.8 Å². The van der Waals surface area contributed by atoms with Gasteiger partial charge in [-0.3, -0.25) is 0 Å². The number of benzene rings is 1. The third-order valence-electron chi connectivity index (χ3n) is 3.15. The highest BCUT2D eigenvalue weighted by Gasteiger charge is 2.26. The fraction of sp³-hybridized carbons (Fsp3) is 0.471. The van der Waals surface area contributed by atoms with Crippen molar-refractivity contribution in [1.82, 2.24) is 5.32 Å². The molecule has 1 N–H and O–H groups in total. The van der Waals surface area contributed by atoms with Gasteiger partial charge < -0.3 is 14.8 Å². The van der Waals surface area contributed by atoms with E-state index in [9.17, 15) is 14.0 Å². The lowest BCUT2D eigenvalue weighted by Crippen LogP contribution is -2.45. The molecule has 0 aromatic heterocycles. The molecule has 0 aliphatic heterocycles. The minimum atomic E-state index is -1.03. The van der Waals surface area contributed by atoms with E-state index in [1.165, 1.54) is 19.2 Å². The first-order valence-electron chi connectivity index (χ1n) is 7.34. The molecule has 1 atom stereocenters. The van der Waals surface area contributed by atoms with Gasteiger partial charge in [-0.2, -0.15) is 5.26 Å². The van der Waals surface area contributed by atoms with Crippen LogP contribution in [0.2, 0.25) is 0 Å². The number of hydrogen-bond donors (Lipinski definition) is 1. The molecule has 0 saturated heterocycles. The quantitative estimate of drug-likeness (QED) is 0.854. The molecule has 1 aromatic rings. The van der Waals surface area contributed by atoms with Crippen LogP contribution in [0.5, 0.6) is 0 Å². The Morgan fingerprint density at radius 1 is 1.38 bits per heavy atom. The Morgan fingerprint density at radius 3 is 2.50 bits per heavy atom. The minimum absolute atomic E-state index is 0.0143. The Bertz CT molecular complexity index is 674. The molecular formula is C17H21FN2O4. The van der Waals surface area contributed by atoms with Gasteiger partial charge in [-0.1, -0.05) is 0 Å². The normalized spacial score (nSPS) is 12.0. The molecule has 0 aliphatic carbocycles. The molecule has 0 heterocycles.